The smallest absolute Gasteiger partial charge is 0.410 e. The molecule has 1 saturated heterocycles. The van der Waals surface area contributed by atoms with Crippen LogP contribution in [-0.2, 0) is 4.74 Å². The van der Waals surface area contributed by atoms with Crippen molar-refractivity contribution >= 4 is 6.09 Å². The molecule has 1 amide bonds. The van der Waals surface area contributed by atoms with Crippen LogP contribution in [0.2, 0.25) is 0 Å². The summed E-state index contributed by atoms with van der Waals surface area (Å²) in [5.74, 6) is 0.496. The lowest BCUT2D eigenvalue weighted by Crippen LogP contribution is -2.55. The van der Waals surface area contributed by atoms with Gasteiger partial charge in [0.05, 0.1) is 6.10 Å². The van der Waals surface area contributed by atoms with Crippen molar-refractivity contribution in [2.45, 2.75) is 103 Å². The van der Waals surface area contributed by atoms with Crippen molar-refractivity contribution in [1.29, 1.82) is 0 Å². The molecule has 4 atom stereocenters. The van der Waals surface area contributed by atoms with Gasteiger partial charge in [-0.05, 0) is 78.7 Å². The number of aliphatic hydroxyl groups is 1. The van der Waals surface area contributed by atoms with Gasteiger partial charge in [-0.15, -0.1) is 0 Å². The topological polar surface area (TPSA) is 61.8 Å². The average molecular weight is 355 g/mol. The van der Waals surface area contributed by atoms with Gasteiger partial charge in [-0.1, -0.05) is 12.8 Å². The molecule has 2 fully saturated rings. The van der Waals surface area contributed by atoms with Gasteiger partial charge in [0.1, 0.15) is 5.60 Å². The maximum atomic E-state index is 12.7. The highest BCUT2D eigenvalue weighted by molar-refractivity contribution is 5.68. The van der Waals surface area contributed by atoms with Gasteiger partial charge in [0.2, 0.25) is 0 Å². The third-order valence-corrected chi connectivity index (χ3v) is 5.46. The Hall–Kier alpha value is -0.810. The van der Waals surface area contributed by atoms with Crippen molar-refractivity contribution in [3.8, 4) is 0 Å². The first-order valence-electron chi connectivity index (χ1n) is 10.2. The molecule has 146 valence electrons. The number of hydrogen-bond donors (Lipinski definition) is 2. The average Bonchev–Trinajstić information content (AvgIpc) is 2.53. The summed E-state index contributed by atoms with van der Waals surface area (Å²) in [5.41, 5.74) is -0.444. The van der Waals surface area contributed by atoms with Crippen molar-refractivity contribution < 1.29 is 14.6 Å². The lowest BCUT2D eigenvalue weighted by Gasteiger charge is -2.45. The zero-order valence-corrected chi connectivity index (χ0v) is 16.6. The fourth-order valence-electron chi connectivity index (χ4n) is 4.30. The zero-order valence-electron chi connectivity index (χ0n) is 16.6. The van der Waals surface area contributed by atoms with Crippen LogP contribution < -0.4 is 5.32 Å². The van der Waals surface area contributed by atoms with Crippen LogP contribution in [0.25, 0.3) is 0 Å². The molecular weight excluding hydrogens is 316 g/mol. The Morgan fingerprint density at radius 1 is 1.20 bits per heavy atom. The first-order chi connectivity index (χ1) is 11.8. The largest absolute Gasteiger partial charge is 0.444 e. The van der Waals surface area contributed by atoms with Crippen LogP contribution in [0.1, 0.15) is 79.1 Å². The summed E-state index contributed by atoms with van der Waals surface area (Å²) in [7, 11) is 0. The Morgan fingerprint density at radius 2 is 1.88 bits per heavy atom. The number of likely N-dealkylation sites (tertiary alicyclic amines) is 1. The Balaban J connectivity index is 2.03. The number of nitrogens with one attached hydrogen (secondary N) is 1. The quantitative estimate of drug-likeness (QED) is 0.790. The minimum Gasteiger partial charge on any atom is -0.444 e. The summed E-state index contributed by atoms with van der Waals surface area (Å²) in [6, 6.07) is 0.730. The van der Waals surface area contributed by atoms with Gasteiger partial charge in [0, 0.05) is 18.6 Å². The maximum absolute atomic E-state index is 12.7. The normalized spacial score (nSPS) is 29.3. The van der Waals surface area contributed by atoms with Gasteiger partial charge in [-0.2, -0.15) is 0 Å². The Bertz CT molecular complexity index is 420. The van der Waals surface area contributed by atoms with E-state index in [1.807, 2.05) is 32.6 Å². The molecule has 2 rings (SSSR count). The predicted molar refractivity (Wildman–Crippen MR) is 101 cm³/mol. The molecular formula is C20H38N2O3. The number of aliphatic hydroxyl groups excluding tert-OH is 1. The van der Waals surface area contributed by atoms with E-state index in [1.165, 1.54) is 32.1 Å². The third kappa shape index (κ3) is 6.45. The van der Waals surface area contributed by atoms with E-state index in [4.69, 9.17) is 4.74 Å². The van der Waals surface area contributed by atoms with Crippen molar-refractivity contribution in [1.82, 2.24) is 10.2 Å². The number of ether oxygens (including phenoxy) is 1. The summed E-state index contributed by atoms with van der Waals surface area (Å²) < 4.78 is 5.68. The highest BCUT2D eigenvalue weighted by Gasteiger charge is 2.39. The molecule has 0 aromatic carbocycles. The second-order valence-electron chi connectivity index (χ2n) is 8.88. The molecule has 2 N–H and O–H groups in total. The molecule has 2 aliphatic rings. The number of amides is 1. The molecule has 0 aromatic heterocycles. The highest BCUT2D eigenvalue weighted by atomic mass is 16.6. The summed E-state index contributed by atoms with van der Waals surface area (Å²) in [4.78, 5) is 14.7. The van der Waals surface area contributed by atoms with Crippen LogP contribution in [-0.4, -0.2) is 53.0 Å². The van der Waals surface area contributed by atoms with Crippen LogP contribution in [0, 0.1) is 5.92 Å². The standard InChI is InChI=1S/C20H38N2O3/c1-15(23)12-13-21-17-10-6-5-9-16(17)18-11-7-8-14-22(18)19(24)25-20(2,3)4/h15-18,21,23H,5-14H2,1-4H3. The van der Waals surface area contributed by atoms with Gasteiger partial charge < -0.3 is 20.1 Å². The van der Waals surface area contributed by atoms with Crippen molar-refractivity contribution in [2.24, 2.45) is 5.92 Å². The van der Waals surface area contributed by atoms with E-state index in [1.54, 1.807) is 0 Å². The molecule has 1 heterocycles. The summed E-state index contributed by atoms with van der Waals surface area (Å²) >= 11 is 0. The van der Waals surface area contributed by atoms with E-state index in [-0.39, 0.29) is 18.2 Å². The highest BCUT2D eigenvalue weighted by Crippen LogP contribution is 2.34. The Kier molecular flexibility index (Phi) is 7.56. The third-order valence-electron chi connectivity index (χ3n) is 5.46. The van der Waals surface area contributed by atoms with Gasteiger partial charge >= 0.3 is 6.09 Å². The van der Waals surface area contributed by atoms with Gasteiger partial charge in [-0.3, -0.25) is 0 Å². The number of carbonyl (C=O) groups is 1. The fraction of sp³-hybridized carbons (Fsp3) is 0.950. The number of piperidine rings is 1. The molecule has 0 radical (unpaired) electrons. The van der Waals surface area contributed by atoms with Crippen molar-refractivity contribution in [2.75, 3.05) is 13.1 Å². The van der Waals surface area contributed by atoms with Crippen LogP contribution in [0.5, 0.6) is 0 Å². The van der Waals surface area contributed by atoms with Crippen LogP contribution >= 0.6 is 0 Å². The van der Waals surface area contributed by atoms with E-state index >= 15 is 0 Å². The van der Waals surface area contributed by atoms with Crippen LogP contribution in [0.15, 0.2) is 0 Å². The minimum atomic E-state index is -0.444. The molecule has 0 aromatic rings. The number of rotatable bonds is 5. The molecule has 1 aliphatic heterocycles. The molecule has 5 heteroatoms. The molecule has 5 nitrogen and oxygen atoms in total. The second-order valence-corrected chi connectivity index (χ2v) is 8.88. The Morgan fingerprint density at radius 3 is 2.56 bits per heavy atom. The van der Waals surface area contributed by atoms with E-state index in [0.29, 0.717) is 12.0 Å². The van der Waals surface area contributed by atoms with Crippen LogP contribution in [0.3, 0.4) is 0 Å². The molecule has 4 unspecified atom stereocenters. The van der Waals surface area contributed by atoms with E-state index < -0.39 is 5.60 Å². The lowest BCUT2D eigenvalue weighted by molar-refractivity contribution is -0.00534. The summed E-state index contributed by atoms with van der Waals surface area (Å²) in [5, 5.41) is 13.2. The van der Waals surface area contributed by atoms with E-state index in [2.05, 4.69) is 5.32 Å². The molecule has 0 spiro atoms. The van der Waals surface area contributed by atoms with E-state index in [9.17, 15) is 9.90 Å². The Labute approximate surface area is 153 Å². The fourth-order valence-corrected chi connectivity index (χ4v) is 4.30. The van der Waals surface area contributed by atoms with Gasteiger partial charge in [-0.25, -0.2) is 4.79 Å². The lowest BCUT2D eigenvalue weighted by atomic mass is 9.76. The first kappa shape index (κ1) is 20.5. The molecule has 0 bridgehead atoms. The summed E-state index contributed by atoms with van der Waals surface area (Å²) in [6.07, 6.45) is 8.57. The molecule has 1 aliphatic carbocycles. The zero-order chi connectivity index (χ0) is 18.4. The second kappa shape index (κ2) is 9.22. The van der Waals surface area contributed by atoms with Crippen molar-refractivity contribution in [3.63, 3.8) is 0 Å². The number of nitrogens with zero attached hydrogens (tertiary/aromatic N) is 1. The van der Waals surface area contributed by atoms with Crippen molar-refractivity contribution in [3.05, 3.63) is 0 Å². The van der Waals surface area contributed by atoms with Gasteiger partial charge in [0.25, 0.3) is 0 Å². The maximum Gasteiger partial charge on any atom is 0.410 e. The molecule has 1 saturated carbocycles. The molecule has 25 heavy (non-hydrogen) atoms. The summed E-state index contributed by atoms with van der Waals surface area (Å²) in [6.45, 7) is 9.31. The number of hydrogen-bond acceptors (Lipinski definition) is 4. The van der Waals surface area contributed by atoms with Gasteiger partial charge in [0.15, 0.2) is 0 Å². The predicted octanol–water partition coefficient (Wildman–Crippen LogP) is 3.70. The minimum absolute atomic E-state index is 0.148. The SMILES string of the molecule is CC(O)CCNC1CCCCC1C1CCCCN1C(=O)OC(C)(C)C. The first-order valence-corrected chi connectivity index (χ1v) is 10.2. The monoisotopic (exact) mass is 354 g/mol. The van der Waals surface area contributed by atoms with E-state index in [0.717, 1.165) is 32.4 Å². The number of carbonyl (C=O) groups excluding carboxylic acids is 1. The van der Waals surface area contributed by atoms with Crippen LogP contribution in [0.4, 0.5) is 4.79 Å².